The molecular weight excluding hydrogens is 200 g/mol. The molecule has 1 heterocycles. The average molecular weight is 216 g/mol. The second-order valence-corrected chi connectivity index (χ2v) is 3.88. The fourth-order valence-corrected chi connectivity index (χ4v) is 1.72. The van der Waals surface area contributed by atoms with Gasteiger partial charge in [-0.2, -0.15) is 0 Å². The summed E-state index contributed by atoms with van der Waals surface area (Å²) in [6.07, 6.45) is 4.00. The van der Waals surface area contributed by atoms with Crippen LogP contribution < -0.4 is 0 Å². The van der Waals surface area contributed by atoms with E-state index in [1.807, 2.05) is 47.6 Å². The van der Waals surface area contributed by atoms with Crippen LogP contribution in [-0.2, 0) is 0 Å². The van der Waals surface area contributed by atoms with Crippen molar-refractivity contribution in [2.45, 2.75) is 6.92 Å². The highest BCUT2D eigenvalue weighted by Crippen LogP contribution is 2.08. The average Bonchev–Trinajstić information content (AvgIpc) is 2.78. The van der Waals surface area contributed by atoms with E-state index in [2.05, 4.69) is 11.8 Å². The third-order valence-electron chi connectivity index (χ3n) is 2.70. The SMILES string of the molecule is CCN1C=CN(CC(=O)c2ccccc2)C1. The number of ketones is 1. The molecule has 84 valence electrons. The molecule has 1 aliphatic rings. The van der Waals surface area contributed by atoms with E-state index < -0.39 is 0 Å². The predicted octanol–water partition coefficient (Wildman–Crippen LogP) is 1.94. The van der Waals surface area contributed by atoms with Gasteiger partial charge in [-0.15, -0.1) is 0 Å². The summed E-state index contributed by atoms with van der Waals surface area (Å²) in [5.41, 5.74) is 0.783. The predicted molar refractivity (Wildman–Crippen MR) is 63.9 cm³/mol. The lowest BCUT2D eigenvalue weighted by Crippen LogP contribution is -2.29. The zero-order valence-electron chi connectivity index (χ0n) is 9.47. The van der Waals surface area contributed by atoms with Gasteiger partial charge in [0, 0.05) is 24.5 Å². The van der Waals surface area contributed by atoms with E-state index in [1.54, 1.807) is 0 Å². The summed E-state index contributed by atoms with van der Waals surface area (Å²) in [7, 11) is 0. The van der Waals surface area contributed by atoms with Crippen molar-refractivity contribution in [3.8, 4) is 0 Å². The Morgan fingerprint density at radius 1 is 1.19 bits per heavy atom. The molecule has 0 radical (unpaired) electrons. The Balaban J connectivity index is 1.92. The van der Waals surface area contributed by atoms with Gasteiger partial charge in [-0.1, -0.05) is 30.3 Å². The summed E-state index contributed by atoms with van der Waals surface area (Å²) in [5.74, 6) is 0.170. The van der Waals surface area contributed by atoms with Gasteiger partial charge in [0.15, 0.2) is 5.78 Å². The van der Waals surface area contributed by atoms with Crippen molar-refractivity contribution in [1.82, 2.24) is 9.80 Å². The van der Waals surface area contributed by atoms with E-state index in [9.17, 15) is 4.79 Å². The Kier molecular flexibility index (Phi) is 3.25. The molecule has 0 atom stereocenters. The first kappa shape index (κ1) is 10.7. The quantitative estimate of drug-likeness (QED) is 0.719. The topological polar surface area (TPSA) is 23.6 Å². The number of benzene rings is 1. The van der Waals surface area contributed by atoms with Crippen LogP contribution in [0.15, 0.2) is 42.7 Å². The lowest BCUT2D eigenvalue weighted by molar-refractivity contribution is 0.0946. The second kappa shape index (κ2) is 4.84. The number of carbonyl (C=O) groups is 1. The Hall–Kier alpha value is -1.77. The summed E-state index contributed by atoms with van der Waals surface area (Å²) < 4.78 is 0. The minimum absolute atomic E-state index is 0.170. The van der Waals surface area contributed by atoms with E-state index in [1.165, 1.54) is 0 Å². The molecular formula is C13H16N2O. The Morgan fingerprint density at radius 2 is 1.88 bits per heavy atom. The van der Waals surface area contributed by atoms with Crippen LogP contribution in [0.4, 0.5) is 0 Å². The van der Waals surface area contributed by atoms with Crippen molar-refractivity contribution in [1.29, 1.82) is 0 Å². The first-order chi connectivity index (χ1) is 7.79. The highest BCUT2D eigenvalue weighted by Gasteiger charge is 2.14. The molecule has 0 bridgehead atoms. The largest absolute Gasteiger partial charge is 0.359 e. The van der Waals surface area contributed by atoms with Crippen molar-refractivity contribution >= 4 is 5.78 Å². The summed E-state index contributed by atoms with van der Waals surface area (Å²) in [5, 5.41) is 0. The molecule has 0 amide bonds. The molecule has 16 heavy (non-hydrogen) atoms. The molecule has 0 aliphatic carbocycles. The van der Waals surface area contributed by atoms with Crippen LogP contribution in [0.5, 0.6) is 0 Å². The molecule has 1 aromatic carbocycles. The van der Waals surface area contributed by atoms with Gasteiger partial charge in [0.2, 0.25) is 0 Å². The fourth-order valence-electron chi connectivity index (χ4n) is 1.72. The molecule has 0 spiro atoms. The zero-order chi connectivity index (χ0) is 11.4. The Labute approximate surface area is 96.0 Å². The Morgan fingerprint density at radius 3 is 2.50 bits per heavy atom. The highest BCUT2D eigenvalue weighted by molar-refractivity contribution is 5.97. The number of hydrogen-bond acceptors (Lipinski definition) is 3. The van der Waals surface area contributed by atoms with Gasteiger partial charge < -0.3 is 9.80 Å². The first-order valence-corrected chi connectivity index (χ1v) is 5.54. The van der Waals surface area contributed by atoms with E-state index in [0.29, 0.717) is 6.54 Å². The van der Waals surface area contributed by atoms with Gasteiger partial charge in [0.05, 0.1) is 13.2 Å². The summed E-state index contributed by atoms with van der Waals surface area (Å²) >= 11 is 0. The minimum atomic E-state index is 0.170. The van der Waals surface area contributed by atoms with Crippen LogP contribution in [-0.4, -0.2) is 35.3 Å². The van der Waals surface area contributed by atoms with Gasteiger partial charge in [-0.05, 0) is 6.92 Å². The van der Waals surface area contributed by atoms with E-state index in [4.69, 9.17) is 0 Å². The molecule has 2 rings (SSSR count). The monoisotopic (exact) mass is 216 g/mol. The molecule has 0 aromatic heterocycles. The molecule has 1 aromatic rings. The lowest BCUT2D eigenvalue weighted by Gasteiger charge is -2.19. The molecule has 0 saturated heterocycles. The van der Waals surface area contributed by atoms with Crippen molar-refractivity contribution in [2.24, 2.45) is 0 Å². The normalized spacial score (nSPS) is 14.6. The molecule has 0 fully saturated rings. The van der Waals surface area contributed by atoms with Gasteiger partial charge in [0.25, 0.3) is 0 Å². The van der Waals surface area contributed by atoms with Crippen molar-refractivity contribution < 1.29 is 4.79 Å². The van der Waals surface area contributed by atoms with Crippen molar-refractivity contribution in [3.63, 3.8) is 0 Å². The third kappa shape index (κ3) is 2.42. The van der Waals surface area contributed by atoms with Gasteiger partial charge >= 0.3 is 0 Å². The number of carbonyl (C=O) groups excluding carboxylic acids is 1. The smallest absolute Gasteiger partial charge is 0.182 e. The zero-order valence-corrected chi connectivity index (χ0v) is 9.47. The summed E-state index contributed by atoms with van der Waals surface area (Å²) in [4.78, 5) is 16.1. The van der Waals surface area contributed by atoms with Gasteiger partial charge in [-0.25, -0.2) is 0 Å². The third-order valence-corrected chi connectivity index (χ3v) is 2.70. The van der Waals surface area contributed by atoms with Crippen molar-refractivity contribution in [3.05, 3.63) is 48.3 Å². The second-order valence-electron chi connectivity index (χ2n) is 3.88. The maximum Gasteiger partial charge on any atom is 0.182 e. The van der Waals surface area contributed by atoms with E-state index in [0.717, 1.165) is 18.8 Å². The maximum absolute atomic E-state index is 11.9. The number of Topliss-reactive ketones (excluding diaryl/α,β-unsaturated/α-hetero) is 1. The first-order valence-electron chi connectivity index (χ1n) is 5.54. The standard InChI is InChI=1S/C13H16N2O/c1-2-14-8-9-15(11-14)10-13(16)12-6-4-3-5-7-12/h3-9H,2,10-11H2,1H3. The molecule has 3 heteroatoms. The summed E-state index contributed by atoms with van der Waals surface area (Å²) in [6, 6.07) is 9.43. The van der Waals surface area contributed by atoms with Crippen LogP contribution in [0.2, 0.25) is 0 Å². The number of rotatable bonds is 4. The van der Waals surface area contributed by atoms with Crippen molar-refractivity contribution in [2.75, 3.05) is 19.8 Å². The molecule has 0 N–H and O–H groups in total. The maximum atomic E-state index is 11.9. The fraction of sp³-hybridized carbons (Fsp3) is 0.308. The minimum Gasteiger partial charge on any atom is -0.359 e. The van der Waals surface area contributed by atoms with Crippen LogP contribution in [0.1, 0.15) is 17.3 Å². The molecule has 0 unspecified atom stereocenters. The Bertz CT molecular complexity index is 386. The van der Waals surface area contributed by atoms with Crippen LogP contribution >= 0.6 is 0 Å². The van der Waals surface area contributed by atoms with Crippen LogP contribution in [0.25, 0.3) is 0 Å². The molecule has 1 aliphatic heterocycles. The summed E-state index contributed by atoms with van der Waals surface area (Å²) in [6.45, 7) is 4.35. The van der Waals surface area contributed by atoms with Gasteiger partial charge in [-0.3, -0.25) is 4.79 Å². The van der Waals surface area contributed by atoms with Crippen LogP contribution in [0, 0.1) is 0 Å². The lowest BCUT2D eigenvalue weighted by atomic mass is 10.1. The van der Waals surface area contributed by atoms with Crippen LogP contribution in [0.3, 0.4) is 0 Å². The molecule has 3 nitrogen and oxygen atoms in total. The van der Waals surface area contributed by atoms with Gasteiger partial charge in [0.1, 0.15) is 0 Å². The number of nitrogens with zero attached hydrogens (tertiary/aromatic N) is 2. The van der Waals surface area contributed by atoms with E-state index >= 15 is 0 Å². The van der Waals surface area contributed by atoms with E-state index in [-0.39, 0.29) is 5.78 Å². The highest BCUT2D eigenvalue weighted by atomic mass is 16.1. The number of hydrogen-bond donors (Lipinski definition) is 0. The molecule has 0 saturated carbocycles.